The summed E-state index contributed by atoms with van der Waals surface area (Å²) < 4.78 is 17.2. The van der Waals surface area contributed by atoms with Crippen LogP contribution in [-0.4, -0.2) is 19.6 Å². The predicted molar refractivity (Wildman–Crippen MR) is 54.7 cm³/mol. The second-order valence-corrected chi connectivity index (χ2v) is 3.29. The van der Waals surface area contributed by atoms with Crippen LogP contribution < -0.4 is 5.73 Å². The summed E-state index contributed by atoms with van der Waals surface area (Å²) in [5.74, 6) is -0.983. The number of halogens is 1. The van der Waals surface area contributed by atoms with Gasteiger partial charge in [-0.1, -0.05) is 12.1 Å². The standard InChI is InChI=1S/C11H14FNO2/c1-15-11(14)9(7-13)6-8-2-4-10(12)5-3-8/h2-5,9H,6-7,13H2,1H3/t9-/m0/s1. The lowest BCUT2D eigenvalue weighted by Crippen LogP contribution is -2.26. The third kappa shape index (κ3) is 3.32. The topological polar surface area (TPSA) is 52.3 Å². The van der Waals surface area contributed by atoms with E-state index in [1.807, 2.05) is 0 Å². The second-order valence-electron chi connectivity index (χ2n) is 3.29. The first-order chi connectivity index (χ1) is 7.17. The van der Waals surface area contributed by atoms with E-state index < -0.39 is 0 Å². The minimum absolute atomic E-state index is 0.226. The Labute approximate surface area is 88.0 Å². The van der Waals surface area contributed by atoms with Gasteiger partial charge in [0.2, 0.25) is 0 Å². The summed E-state index contributed by atoms with van der Waals surface area (Å²) in [6.45, 7) is 0.226. The molecule has 0 saturated heterocycles. The fourth-order valence-corrected chi connectivity index (χ4v) is 1.33. The molecule has 0 saturated carbocycles. The summed E-state index contributed by atoms with van der Waals surface area (Å²) in [4.78, 5) is 11.2. The molecule has 1 atom stereocenters. The third-order valence-corrected chi connectivity index (χ3v) is 2.21. The molecule has 1 aromatic carbocycles. The molecule has 0 radical (unpaired) electrons. The minimum atomic E-state index is -0.361. The molecule has 0 aliphatic carbocycles. The molecule has 0 fully saturated rings. The number of esters is 1. The fraction of sp³-hybridized carbons (Fsp3) is 0.364. The van der Waals surface area contributed by atoms with E-state index >= 15 is 0 Å². The van der Waals surface area contributed by atoms with E-state index in [2.05, 4.69) is 4.74 Å². The first-order valence-electron chi connectivity index (χ1n) is 4.69. The van der Waals surface area contributed by atoms with Gasteiger partial charge >= 0.3 is 5.97 Å². The first kappa shape index (κ1) is 11.7. The number of methoxy groups -OCH3 is 1. The number of nitrogens with two attached hydrogens (primary N) is 1. The Hall–Kier alpha value is -1.42. The lowest BCUT2D eigenvalue weighted by molar-refractivity contribution is -0.145. The molecule has 1 aromatic rings. The van der Waals surface area contributed by atoms with E-state index in [-0.39, 0.29) is 24.2 Å². The summed E-state index contributed by atoms with van der Waals surface area (Å²) in [6, 6.07) is 6.00. The van der Waals surface area contributed by atoms with Gasteiger partial charge in [-0.2, -0.15) is 0 Å². The smallest absolute Gasteiger partial charge is 0.310 e. The number of carbonyl (C=O) groups is 1. The number of hydrogen-bond donors (Lipinski definition) is 1. The highest BCUT2D eigenvalue weighted by atomic mass is 19.1. The molecule has 3 nitrogen and oxygen atoms in total. The molecule has 0 aliphatic heterocycles. The zero-order valence-electron chi connectivity index (χ0n) is 8.57. The van der Waals surface area contributed by atoms with Gasteiger partial charge in [0, 0.05) is 6.54 Å². The molecule has 0 amide bonds. The Balaban J connectivity index is 2.66. The normalized spacial score (nSPS) is 12.2. The van der Waals surface area contributed by atoms with Crippen LogP contribution in [-0.2, 0) is 16.0 Å². The number of benzene rings is 1. The molecule has 0 aromatic heterocycles. The van der Waals surface area contributed by atoms with Crippen LogP contribution in [0, 0.1) is 11.7 Å². The van der Waals surface area contributed by atoms with Gasteiger partial charge in [-0.25, -0.2) is 4.39 Å². The predicted octanol–water partition coefficient (Wildman–Crippen LogP) is 1.12. The van der Waals surface area contributed by atoms with Crippen LogP contribution in [0.5, 0.6) is 0 Å². The average molecular weight is 211 g/mol. The molecule has 0 bridgehead atoms. The number of hydrogen-bond acceptors (Lipinski definition) is 3. The van der Waals surface area contributed by atoms with Gasteiger partial charge in [0.25, 0.3) is 0 Å². The van der Waals surface area contributed by atoms with Gasteiger partial charge in [0.15, 0.2) is 0 Å². The Bertz CT molecular complexity index is 324. The molecular formula is C11H14FNO2. The largest absolute Gasteiger partial charge is 0.469 e. The van der Waals surface area contributed by atoms with Crippen molar-refractivity contribution in [1.82, 2.24) is 0 Å². The lowest BCUT2D eigenvalue weighted by atomic mass is 10.00. The molecule has 0 aliphatic rings. The molecule has 4 heteroatoms. The van der Waals surface area contributed by atoms with Crippen LogP contribution in [0.15, 0.2) is 24.3 Å². The minimum Gasteiger partial charge on any atom is -0.469 e. The third-order valence-electron chi connectivity index (χ3n) is 2.21. The zero-order chi connectivity index (χ0) is 11.3. The fourth-order valence-electron chi connectivity index (χ4n) is 1.33. The maximum Gasteiger partial charge on any atom is 0.310 e. The van der Waals surface area contributed by atoms with Gasteiger partial charge in [-0.3, -0.25) is 4.79 Å². The van der Waals surface area contributed by atoms with Crippen LogP contribution in [0.25, 0.3) is 0 Å². The SMILES string of the molecule is COC(=O)[C@H](CN)Cc1ccc(F)cc1. The Kier molecular flexibility index (Phi) is 4.24. The summed E-state index contributed by atoms with van der Waals surface area (Å²) >= 11 is 0. The zero-order valence-corrected chi connectivity index (χ0v) is 8.57. The summed E-state index contributed by atoms with van der Waals surface area (Å²) in [5.41, 5.74) is 6.32. The van der Waals surface area contributed by atoms with Crippen molar-refractivity contribution in [2.75, 3.05) is 13.7 Å². The van der Waals surface area contributed by atoms with Crippen molar-refractivity contribution in [2.24, 2.45) is 11.7 Å². The quantitative estimate of drug-likeness (QED) is 0.759. The molecule has 0 unspecified atom stereocenters. The van der Waals surface area contributed by atoms with E-state index in [1.54, 1.807) is 12.1 Å². The van der Waals surface area contributed by atoms with E-state index in [1.165, 1.54) is 19.2 Å². The van der Waals surface area contributed by atoms with Crippen LogP contribution in [0.2, 0.25) is 0 Å². The van der Waals surface area contributed by atoms with Crippen molar-refractivity contribution < 1.29 is 13.9 Å². The van der Waals surface area contributed by atoms with E-state index in [9.17, 15) is 9.18 Å². The monoisotopic (exact) mass is 211 g/mol. The van der Waals surface area contributed by atoms with Crippen molar-refractivity contribution in [3.63, 3.8) is 0 Å². The van der Waals surface area contributed by atoms with Gasteiger partial charge < -0.3 is 10.5 Å². The highest BCUT2D eigenvalue weighted by Crippen LogP contribution is 2.10. The van der Waals surface area contributed by atoms with Crippen LogP contribution >= 0.6 is 0 Å². The van der Waals surface area contributed by atoms with Crippen LogP contribution in [0.1, 0.15) is 5.56 Å². The number of ether oxygens (including phenoxy) is 1. The lowest BCUT2D eigenvalue weighted by Gasteiger charge is -2.11. The molecule has 2 N–H and O–H groups in total. The van der Waals surface area contributed by atoms with E-state index in [0.717, 1.165) is 5.56 Å². The van der Waals surface area contributed by atoms with Crippen molar-refractivity contribution in [3.05, 3.63) is 35.6 Å². The Morgan fingerprint density at radius 1 is 1.47 bits per heavy atom. The van der Waals surface area contributed by atoms with Crippen molar-refractivity contribution in [1.29, 1.82) is 0 Å². The average Bonchev–Trinajstić information content (AvgIpc) is 2.27. The molecule has 82 valence electrons. The van der Waals surface area contributed by atoms with E-state index in [4.69, 9.17) is 5.73 Å². The summed E-state index contributed by atoms with van der Waals surface area (Å²) in [6.07, 6.45) is 0.476. The maximum absolute atomic E-state index is 12.6. The molecule has 15 heavy (non-hydrogen) atoms. The van der Waals surface area contributed by atoms with Crippen LogP contribution in [0.4, 0.5) is 4.39 Å². The van der Waals surface area contributed by atoms with Crippen molar-refractivity contribution >= 4 is 5.97 Å². The molecule has 1 rings (SSSR count). The highest BCUT2D eigenvalue weighted by molar-refractivity contribution is 5.72. The van der Waals surface area contributed by atoms with E-state index in [0.29, 0.717) is 6.42 Å². The highest BCUT2D eigenvalue weighted by Gasteiger charge is 2.17. The molecular weight excluding hydrogens is 197 g/mol. The maximum atomic E-state index is 12.6. The first-order valence-corrected chi connectivity index (χ1v) is 4.69. The van der Waals surface area contributed by atoms with Crippen molar-refractivity contribution in [2.45, 2.75) is 6.42 Å². The van der Waals surface area contributed by atoms with Crippen molar-refractivity contribution in [3.8, 4) is 0 Å². The number of carbonyl (C=O) groups excluding carboxylic acids is 1. The molecule has 0 heterocycles. The van der Waals surface area contributed by atoms with Gasteiger partial charge in [-0.15, -0.1) is 0 Å². The Morgan fingerprint density at radius 3 is 2.53 bits per heavy atom. The molecule has 0 spiro atoms. The number of rotatable bonds is 4. The van der Waals surface area contributed by atoms with Gasteiger partial charge in [-0.05, 0) is 24.1 Å². The van der Waals surface area contributed by atoms with Gasteiger partial charge in [0.1, 0.15) is 5.82 Å². The second kappa shape index (κ2) is 5.46. The summed E-state index contributed by atoms with van der Waals surface area (Å²) in [7, 11) is 1.33. The van der Waals surface area contributed by atoms with Crippen LogP contribution in [0.3, 0.4) is 0 Å². The van der Waals surface area contributed by atoms with Gasteiger partial charge in [0.05, 0.1) is 13.0 Å². The Morgan fingerprint density at radius 2 is 2.07 bits per heavy atom. The summed E-state index contributed by atoms with van der Waals surface area (Å²) in [5, 5.41) is 0.